The number of rotatable bonds is 9. The van der Waals surface area contributed by atoms with Crippen molar-refractivity contribution in [1.82, 2.24) is 24.8 Å². The third-order valence-electron chi connectivity index (χ3n) is 4.90. The second-order valence-corrected chi connectivity index (χ2v) is 8.88. The number of fused-ring (bicyclic) bond motifs is 1. The van der Waals surface area contributed by atoms with Gasteiger partial charge in [0.2, 0.25) is 0 Å². The topological polar surface area (TPSA) is 142 Å². The van der Waals surface area contributed by atoms with E-state index in [1.54, 1.807) is 30.7 Å². The van der Waals surface area contributed by atoms with Crippen LogP contribution in [0.1, 0.15) is 23.2 Å². The van der Waals surface area contributed by atoms with Crippen molar-refractivity contribution in [2.45, 2.75) is 24.3 Å². The van der Waals surface area contributed by atoms with E-state index in [1.807, 2.05) is 10.8 Å². The van der Waals surface area contributed by atoms with Crippen LogP contribution in [0.5, 0.6) is 0 Å². The van der Waals surface area contributed by atoms with Crippen molar-refractivity contribution < 1.29 is 13.2 Å². The van der Waals surface area contributed by atoms with Gasteiger partial charge in [0.05, 0.1) is 33.5 Å². The highest BCUT2D eigenvalue weighted by Gasteiger charge is 2.19. The number of benzene rings is 2. The number of nitrogens with one attached hydrogen (secondary N) is 4. The van der Waals surface area contributed by atoms with E-state index in [4.69, 9.17) is 0 Å². The smallest absolute Gasteiger partial charge is 0.323 e. The second-order valence-electron chi connectivity index (χ2n) is 7.20. The third-order valence-corrected chi connectivity index (χ3v) is 6.26. The van der Waals surface area contributed by atoms with E-state index in [0.717, 1.165) is 19.4 Å². The Morgan fingerprint density at radius 2 is 1.88 bits per heavy atom. The van der Waals surface area contributed by atoms with Crippen molar-refractivity contribution >= 4 is 32.7 Å². The van der Waals surface area contributed by atoms with Gasteiger partial charge in [0, 0.05) is 25.5 Å². The number of H-pyrrole nitrogens is 2. The Labute approximate surface area is 183 Å². The van der Waals surface area contributed by atoms with Gasteiger partial charge < -0.3 is 19.9 Å². The molecule has 2 heterocycles. The van der Waals surface area contributed by atoms with E-state index in [2.05, 4.69) is 25.0 Å². The maximum atomic E-state index is 12.9. The molecule has 0 bridgehead atoms. The van der Waals surface area contributed by atoms with E-state index in [-0.39, 0.29) is 22.1 Å². The number of aromatic amines is 2. The van der Waals surface area contributed by atoms with Gasteiger partial charge >= 0.3 is 5.69 Å². The Morgan fingerprint density at radius 1 is 1.06 bits per heavy atom. The van der Waals surface area contributed by atoms with E-state index in [1.165, 1.54) is 24.3 Å². The molecule has 0 saturated heterocycles. The molecule has 0 aliphatic heterocycles. The number of imidazole rings is 2. The summed E-state index contributed by atoms with van der Waals surface area (Å²) < 4.78 is 30.2. The zero-order valence-corrected chi connectivity index (χ0v) is 17.9. The van der Waals surface area contributed by atoms with E-state index < -0.39 is 15.7 Å². The summed E-state index contributed by atoms with van der Waals surface area (Å²) in [6, 6.07) is 10.7. The number of anilines is 1. The number of carbonyl (C=O) groups excluding carboxylic acids is 1. The maximum absolute atomic E-state index is 12.9. The van der Waals surface area contributed by atoms with Gasteiger partial charge in [-0.25, -0.2) is 18.2 Å². The Bertz CT molecular complexity index is 1390. The maximum Gasteiger partial charge on any atom is 0.323 e. The Balaban J connectivity index is 1.42. The molecule has 0 aliphatic carbocycles. The van der Waals surface area contributed by atoms with E-state index >= 15 is 0 Å². The zero-order valence-electron chi connectivity index (χ0n) is 17.0. The van der Waals surface area contributed by atoms with Gasteiger partial charge in [0.15, 0.2) is 0 Å². The van der Waals surface area contributed by atoms with Gasteiger partial charge in [-0.05, 0) is 43.2 Å². The van der Waals surface area contributed by atoms with Gasteiger partial charge in [0.1, 0.15) is 0 Å². The summed E-state index contributed by atoms with van der Waals surface area (Å²) in [4.78, 5) is 33.1. The van der Waals surface area contributed by atoms with Crippen LogP contribution in [0.3, 0.4) is 0 Å². The molecule has 0 saturated carbocycles. The molecule has 32 heavy (non-hydrogen) atoms. The fourth-order valence-corrected chi connectivity index (χ4v) is 4.39. The molecule has 11 heteroatoms. The average Bonchev–Trinajstić information content (AvgIpc) is 3.41. The van der Waals surface area contributed by atoms with Gasteiger partial charge in [0.25, 0.3) is 15.9 Å². The molecular weight excluding hydrogens is 432 g/mol. The normalized spacial score (nSPS) is 11.5. The highest BCUT2D eigenvalue weighted by atomic mass is 32.2. The van der Waals surface area contributed by atoms with Gasteiger partial charge in [-0.15, -0.1) is 0 Å². The second kappa shape index (κ2) is 9.10. The van der Waals surface area contributed by atoms with Crippen molar-refractivity contribution in [3.05, 3.63) is 77.2 Å². The molecule has 1 amide bonds. The summed E-state index contributed by atoms with van der Waals surface area (Å²) in [5.41, 5.74) is 0.851. The molecule has 0 unspecified atom stereocenters. The van der Waals surface area contributed by atoms with Crippen LogP contribution in [0, 0.1) is 0 Å². The van der Waals surface area contributed by atoms with E-state index in [0.29, 0.717) is 17.6 Å². The van der Waals surface area contributed by atoms with Crippen LogP contribution in [0.15, 0.2) is 70.9 Å². The van der Waals surface area contributed by atoms with Crippen LogP contribution in [-0.2, 0) is 16.6 Å². The molecule has 0 fully saturated rings. The van der Waals surface area contributed by atoms with Crippen molar-refractivity contribution in [2.75, 3.05) is 11.3 Å². The van der Waals surface area contributed by atoms with Gasteiger partial charge in [-0.2, -0.15) is 0 Å². The predicted molar refractivity (Wildman–Crippen MR) is 120 cm³/mol. The van der Waals surface area contributed by atoms with Crippen molar-refractivity contribution in [3.8, 4) is 0 Å². The molecule has 10 nitrogen and oxygen atoms in total. The number of carbonyl (C=O) groups is 1. The number of aryl methyl sites for hydroxylation is 1. The highest BCUT2D eigenvalue weighted by molar-refractivity contribution is 7.92. The number of sulfonamides is 1. The molecule has 4 aromatic rings. The lowest BCUT2D eigenvalue weighted by molar-refractivity contribution is 0.0953. The lowest BCUT2D eigenvalue weighted by Gasteiger charge is -2.13. The van der Waals surface area contributed by atoms with Crippen LogP contribution in [0.4, 0.5) is 5.69 Å². The summed E-state index contributed by atoms with van der Waals surface area (Å²) in [7, 11) is -3.98. The molecule has 2 aromatic carbocycles. The molecule has 4 N–H and O–H groups in total. The van der Waals surface area contributed by atoms with Crippen LogP contribution >= 0.6 is 0 Å². The summed E-state index contributed by atoms with van der Waals surface area (Å²) in [5.74, 6) is -0.364. The quantitative estimate of drug-likeness (QED) is 0.286. The summed E-state index contributed by atoms with van der Waals surface area (Å²) in [5, 5.41) is 2.83. The number of hydrogen-bond acceptors (Lipinski definition) is 5. The van der Waals surface area contributed by atoms with Crippen LogP contribution in [0.25, 0.3) is 11.0 Å². The highest BCUT2D eigenvalue weighted by Crippen LogP contribution is 2.22. The van der Waals surface area contributed by atoms with Gasteiger partial charge in [-0.3, -0.25) is 9.52 Å². The fourth-order valence-electron chi connectivity index (χ4n) is 3.29. The lowest BCUT2D eigenvalue weighted by Crippen LogP contribution is -2.26. The predicted octanol–water partition coefficient (Wildman–Crippen LogP) is 2.06. The summed E-state index contributed by atoms with van der Waals surface area (Å²) in [6.45, 7) is 1.27. The Kier molecular flexibility index (Phi) is 6.08. The van der Waals surface area contributed by atoms with Crippen molar-refractivity contribution in [3.63, 3.8) is 0 Å². The Morgan fingerprint density at radius 3 is 2.69 bits per heavy atom. The standard InChI is InChI=1S/C21H22N6O4S/c28-20(23-9-3-4-11-27-12-10-22-14-27)16-5-1-2-6-17(16)26-32(30,31)15-7-8-18-19(13-15)25-21(29)24-18/h1-2,5-8,10,12-14,26H,3-4,9,11H2,(H,23,28)(H2,24,25,29). The first-order valence-corrected chi connectivity index (χ1v) is 11.5. The first-order chi connectivity index (χ1) is 15.4. The molecule has 0 radical (unpaired) electrons. The molecule has 0 spiro atoms. The largest absolute Gasteiger partial charge is 0.352 e. The summed E-state index contributed by atoms with van der Waals surface area (Å²) in [6.07, 6.45) is 6.98. The van der Waals surface area contributed by atoms with Crippen LogP contribution in [-0.4, -0.2) is 40.4 Å². The summed E-state index contributed by atoms with van der Waals surface area (Å²) >= 11 is 0. The number of amides is 1. The van der Waals surface area contributed by atoms with Crippen molar-refractivity contribution in [2.24, 2.45) is 0 Å². The zero-order chi connectivity index (χ0) is 22.6. The van der Waals surface area contributed by atoms with Crippen LogP contribution in [0.2, 0.25) is 0 Å². The molecule has 0 aliphatic rings. The minimum absolute atomic E-state index is 0.0324. The minimum atomic E-state index is -3.98. The third kappa shape index (κ3) is 4.89. The first-order valence-electron chi connectivity index (χ1n) is 10.0. The number of unbranched alkanes of at least 4 members (excludes halogenated alkanes) is 1. The molecule has 166 valence electrons. The average molecular weight is 455 g/mol. The molecule has 2 aromatic heterocycles. The number of hydrogen-bond donors (Lipinski definition) is 4. The molecular formula is C21H22N6O4S. The van der Waals surface area contributed by atoms with E-state index in [9.17, 15) is 18.0 Å². The molecule has 0 atom stereocenters. The number of aromatic nitrogens is 4. The monoisotopic (exact) mass is 454 g/mol. The van der Waals surface area contributed by atoms with Crippen molar-refractivity contribution in [1.29, 1.82) is 0 Å². The van der Waals surface area contributed by atoms with Gasteiger partial charge in [-0.1, -0.05) is 12.1 Å². The Hall–Kier alpha value is -3.86. The fraction of sp³-hybridized carbons (Fsp3) is 0.190. The first kappa shape index (κ1) is 21.4. The van der Waals surface area contributed by atoms with Crippen LogP contribution < -0.4 is 15.7 Å². The lowest BCUT2D eigenvalue weighted by atomic mass is 10.1. The molecule has 4 rings (SSSR count). The minimum Gasteiger partial charge on any atom is -0.352 e. The SMILES string of the molecule is O=C(NCCCCn1ccnc1)c1ccccc1NS(=O)(=O)c1ccc2[nH]c(=O)[nH]c2c1. The number of para-hydroxylation sites is 1. The number of nitrogens with zero attached hydrogens (tertiary/aromatic N) is 2.